The number of aliphatic hydroxyl groups excluding tert-OH is 1. The number of aliphatic hydroxyl groups is 1. The summed E-state index contributed by atoms with van der Waals surface area (Å²) in [5.74, 6) is 0.954. The van der Waals surface area contributed by atoms with Crippen LogP contribution < -0.4 is 4.74 Å². The van der Waals surface area contributed by atoms with Crippen molar-refractivity contribution >= 4 is 0 Å². The minimum Gasteiger partial charge on any atom is -0.490 e. The molecule has 1 aliphatic rings. The van der Waals surface area contributed by atoms with Crippen molar-refractivity contribution in [3.05, 3.63) is 29.3 Å². The molecule has 2 heteroatoms. The van der Waals surface area contributed by atoms with Gasteiger partial charge in [0.2, 0.25) is 0 Å². The molecule has 0 heterocycles. The van der Waals surface area contributed by atoms with Gasteiger partial charge in [-0.2, -0.15) is 0 Å². The monoisotopic (exact) mass is 234 g/mol. The van der Waals surface area contributed by atoms with E-state index >= 15 is 0 Å². The average Bonchev–Trinajstić information content (AvgIpc) is 2.16. The largest absolute Gasteiger partial charge is 0.490 e. The third kappa shape index (κ3) is 2.81. The van der Waals surface area contributed by atoms with Crippen LogP contribution >= 0.6 is 0 Å². The Hall–Kier alpha value is -1.02. The Balaban J connectivity index is 2.09. The zero-order chi connectivity index (χ0) is 12.6. The Kier molecular flexibility index (Phi) is 3.17. The molecule has 1 fully saturated rings. The van der Waals surface area contributed by atoms with Gasteiger partial charge in [0.1, 0.15) is 11.9 Å². The second-order valence-electron chi connectivity index (χ2n) is 6.10. The average molecular weight is 234 g/mol. The van der Waals surface area contributed by atoms with Crippen LogP contribution in [0.25, 0.3) is 0 Å². The second kappa shape index (κ2) is 4.34. The SMILES string of the molecule is Cc1cc(C(C)(C)C)ccc1OC1CC(O)C1. The van der Waals surface area contributed by atoms with E-state index in [0.717, 1.165) is 18.6 Å². The first-order chi connectivity index (χ1) is 7.86. The lowest BCUT2D eigenvalue weighted by Gasteiger charge is -2.32. The predicted molar refractivity (Wildman–Crippen MR) is 69.5 cm³/mol. The van der Waals surface area contributed by atoms with Crippen molar-refractivity contribution in [3.8, 4) is 5.75 Å². The summed E-state index contributed by atoms with van der Waals surface area (Å²) >= 11 is 0. The summed E-state index contributed by atoms with van der Waals surface area (Å²) in [6.07, 6.45) is 1.57. The second-order valence-corrected chi connectivity index (χ2v) is 6.10. The fourth-order valence-electron chi connectivity index (χ4n) is 2.06. The third-order valence-corrected chi connectivity index (χ3v) is 3.40. The van der Waals surface area contributed by atoms with Crippen LogP contribution in [-0.2, 0) is 5.41 Å². The predicted octanol–water partition coefficient (Wildman–Crippen LogP) is 3.19. The molecule has 0 radical (unpaired) electrons. The van der Waals surface area contributed by atoms with E-state index in [4.69, 9.17) is 4.74 Å². The van der Waals surface area contributed by atoms with E-state index in [1.807, 2.05) is 0 Å². The first-order valence-corrected chi connectivity index (χ1v) is 6.32. The molecule has 0 saturated heterocycles. The van der Waals surface area contributed by atoms with E-state index in [1.165, 1.54) is 11.1 Å². The maximum absolute atomic E-state index is 9.24. The first kappa shape index (κ1) is 12.4. The van der Waals surface area contributed by atoms with Crippen LogP contribution in [0, 0.1) is 6.92 Å². The van der Waals surface area contributed by atoms with Gasteiger partial charge in [-0.15, -0.1) is 0 Å². The minimum atomic E-state index is -0.158. The fourth-order valence-corrected chi connectivity index (χ4v) is 2.06. The number of hydrogen-bond donors (Lipinski definition) is 1. The van der Waals surface area contributed by atoms with Gasteiger partial charge in [-0.25, -0.2) is 0 Å². The molecule has 0 unspecified atom stereocenters. The van der Waals surface area contributed by atoms with Crippen molar-refractivity contribution < 1.29 is 9.84 Å². The minimum absolute atomic E-state index is 0.158. The molecule has 0 bridgehead atoms. The van der Waals surface area contributed by atoms with Crippen molar-refractivity contribution in [2.45, 2.75) is 58.2 Å². The van der Waals surface area contributed by atoms with Crippen LogP contribution in [0.4, 0.5) is 0 Å². The highest BCUT2D eigenvalue weighted by molar-refractivity contribution is 5.39. The van der Waals surface area contributed by atoms with Crippen molar-refractivity contribution in [3.63, 3.8) is 0 Å². The van der Waals surface area contributed by atoms with E-state index < -0.39 is 0 Å². The molecule has 0 atom stereocenters. The Morgan fingerprint density at radius 1 is 1.24 bits per heavy atom. The van der Waals surface area contributed by atoms with Crippen LogP contribution in [0.5, 0.6) is 5.75 Å². The van der Waals surface area contributed by atoms with Gasteiger partial charge in [0.25, 0.3) is 0 Å². The molecular formula is C15H22O2. The maximum atomic E-state index is 9.24. The van der Waals surface area contributed by atoms with Gasteiger partial charge in [0.05, 0.1) is 6.10 Å². The normalized spacial score (nSPS) is 24.3. The van der Waals surface area contributed by atoms with Crippen molar-refractivity contribution in [1.82, 2.24) is 0 Å². The Morgan fingerprint density at radius 3 is 2.35 bits per heavy atom. The maximum Gasteiger partial charge on any atom is 0.122 e. The molecule has 0 aromatic heterocycles. The van der Waals surface area contributed by atoms with Crippen LogP contribution in [0.15, 0.2) is 18.2 Å². The zero-order valence-corrected chi connectivity index (χ0v) is 11.2. The lowest BCUT2D eigenvalue weighted by atomic mass is 9.86. The molecule has 17 heavy (non-hydrogen) atoms. The fraction of sp³-hybridized carbons (Fsp3) is 0.600. The third-order valence-electron chi connectivity index (χ3n) is 3.40. The van der Waals surface area contributed by atoms with Crippen molar-refractivity contribution in [1.29, 1.82) is 0 Å². The molecule has 1 aromatic carbocycles. The van der Waals surface area contributed by atoms with E-state index in [1.54, 1.807) is 0 Å². The van der Waals surface area contributed by atoms with Gasteiger partial charge in [-0.05, 0) is 29.5 Å². The molecule has 1 saturated carbocycles. The Morgan fingerprint density at radius 2 is 1.88 bits per heavy atom. The quantitative estimate of drug-likeness (QED) is 0.851. The first-order valence-electron chi connectivity index (χ1n) is 6.32. The van der Waals surface area contributed by atoms with E-state index in [-0.39, 0.29) is 17.6 Å². The zero-order valence-electron chi connectivity index (χ0n) is 11.2. The summed E-state index contributed by atoms with van der Waals surface area (Å²) in [4.78, 5) is 0. The van der Waals surface area contributed by atoms with Gasteiger partial charge in [0, 0.05) is 12.8 Å². The van der Waals surface area contributed by atoms with E-state index in [0.29, 0.717) is 0 Å². The molecule has 1 N–H and O–H groups in total. The molecule has 2 nitrogen and oxygen atoms in total. The summed E-state index contributed by atoms with van der Waals surface area (Å²) in [5.41, 5.74) is 2.69. The van der Waals surface area contributed by atoms with Crippen molar-refractivity contribution in [2.75, 3.05) is 0 Å². The highest BCUT2D eigenvalue weighted by atomic mass is 16.5. The lowest BCUT2D eigenvalue weighted by Crippen LogP contribution is -2.37. The highest BCUT2D eigenvalue weighted by Crippen LogP contribution is 2.31. The number of aryl methyl sites for hydroxylation is 1. The molecule has 1 aromatic rings. The van der Waals surface area contributed by atoms with Crippen LogP contribution in [-0.4, -0.2) is 17.3 Å². The van der Waals surface area contributed by atoms with Crippen LogP contribution in [0.1, 0.15) is 44.7 Å². The number of ether oxygens (including phenoxy) is 1. The van der Waals surface area contributed by atoms with Crippen LogP contribution in [0.3, 0.4) is 0 Å². The summed E-state index contributed by atoms with van der Waals surface area (Å²) < 4.78 is 5.86. The Labute approximate surface area is 104 Å². The standard InChI is InChI=1S/C15H22O2/c1-10-7-11(15(2,3)4)5-6-14(10)17-13-8-12(16)9-13/h5-7,12-13,16H,8-9H2,1-4H3. The lowest BCUT2D eigenvalue weighted by molar-refractivity contribution is -0.0110. The summed E-state index contributed by atoms with van der Waals surface area (Å²) in [7, 11) is 0. The number of hydrogen-bond acceptors (Lipinski definition) is 2. The number of rotatable bonds is 2. The van der Waals surface area contributed by atoms with E-state index in [9.17, 15) is 5.11 Å². The topological polar surface area (TPSA) is 29.5 Å². The van der Waals surface area contributed by atoms with Crippen LogP contribution in [0.2, 0.25) is 0 Å². The highest BCUT2D eigenvalue weighted by Gasteiger charge is 2.29. The molecule has 1 aliphatic carbocycles. The summed E-state index contributed by atoms with van der Waals surface area (Å²) in [6, 6.07) is 6.39. The van der Waals surface area contributed by atoms with Gasteiger partial charge < -0.3 is 9.84 Å². The van der Waals surface area contributed by atoms with Crippen molar-refractivity contribution in [2.24, 2.45) is 0 Å². The van der Waals surface area contributed by atoms with Gasteiger partial charge in [-0.1, -0.05) is 32.9 Å². The molecule has 2 rings (SSSR count). The van der Waals surface area contributed by atoms with E-state index in [2.05, 4.69) is 45.9 Å². The molecule has 0 spiro atoms. The summed E-state index contributed by atoms with van der Waals surface area (Å²) in [6.45, 7) is 8.72. The van der Waals surface area contributed by atoms with Gasteiger partial charge in [0.15, 0.2) is 0 Å². The smallest absolute Gasteiger partial charge is 0.122 e. The summed E-state index contributed by atoms with van der Waals surface area (Å²) in [5, 5.41) is 9.24. The molecule has 0 aliphatic heterocycles. The van der Waals surface area contributed by atoms with Gasteiger partial charge >= 0.3 is 0 Å². The molecular weight excluding hydrogens is 212 g/mol. The van der Waals surface area contributed by atoms with Gasteiger partial charge in [-0.3, -0.25) is 0 Å². The Bertz CT molecular complexity index is 398. The number of benzene rings is 1. The molecule has 0 amide bonds. The molecule has 94 valence electrons.